The lowest BCUT2D eigenvalue weighted by Gasteiger charge is -2.37. The van der Waals surface area contributed by atoms with Crippen LogP contribution in [0.4, 0.5) is 5.69 Å². The van der Waals surface area contributed by atoms with Crippen molar-refractivity contribution in [2.75, 3.05) is 10.6 Å². The number of rotatable bonds is 5. The number of sulfonamides is 1. The van der Waals surface area contributed by atoms with Crippen molar-refractivity contribution in [3.05, 3.63) is 29.3 Å². The molecule has 1 aromatic carbocycles. The van der Waals surface area contributed by atoms with E-state index in [0.717, 1.165) is 42.9 Å². The van der Waals surface area contributed by atoms with Crippen molar-refractivity contribution < 1.29 is 13.2 Å². The van der Waals surface area contributed by atoms with Crippen LogP contribution in [0.2, 0.25) is 0 Å². The fraction of sp³-hybridized carbons (Fsp3) is 0.682. The Morgan fingerprint density at radius 3 is 2.25 bits per heavy atom. The Bertz CT molecular complexity index is 855. The van der Waals surface area contributed by atoms with E-state index in [4.69, 9.17) is 0 Å². The summed E-state index contributed by atoms with van der Waals surface area (Å²) in [6.45, 7) is 4.19. The Kier molecular flexibility index (Phi) is 5.19. The van der Waals surface area contributed by atoms with Gasteiger partial charge in [0.2, 0.25) is 10.0 Å². The maximum atomic E-state index is 13.4. The van der Waals surface area contributed by atoms with Crippen molar-refractivity contribution in [1.29, 1.82) is 0 Å². The maximum Gasteiger partial charge on any atom is 0.254 e. The van der Waals surface area contributed by atoms with E-state index in [9.17, 15) is 13.2 Å². The molecule has 4 rings (SSSR count). The quantitative estimate of drug-likeness (QED) is 0.746. The number of fused-ring (bicyclic) bond motifs is 1. The second-order valence-electron chi connectivity index (χ2n) is 8.98. The highest BCUT2D eigenvalue weighted by atomic mass is 32.2. The molecule has 1 heterocycles. The summed E-state index contributed by atoms with van der Waals surface area (Å²) in [5, 5.41) is 0. The van der Waals surface area contributed by atoms with Crippen LogP contribution in [0.25, 0.3) is 0 Å². The molecule has 0 aromatic heterocycles. The predicted molar refractivity (Wildman–Crippen MR) is 112 cm³/mol. The first-order valence-electron chi connectivity index (χ1n) is 10.7. The lowest BCUT2D eigenvalue weighted by Crippen LogP contribution is -2.43. The third-order valence-electron chi connectivity index (χ3n) is 6.80. The Balaban J connectivity index is 1.57. The van der Waals surface area contributed by atoms with Crippen molar-refractivity contribution in [1.82, 2.24) is 4.90 Å². The lowest BCUT2D eigenvalue weighted by molar-refractivity contribution is 0.0587. The van der Waals surface area contributed by atoms with Crippen LogP contribution in [-0.4, -0.2) is 43.6 Å². The first kappa shape index (κ1) is 19.7. The lowest BCUT2D eigenvalue weighted by atomic mass is 9.83. The van der Waals surface area contributed by atoms with E-state index in [1.807, 2.05) is 25.1 Å². The zero-order valence-electron chi connectivity index (χ0n) is 17.2. The van der Waals surface area contributed by atoms with E-state index in [-0.39, 0.29) is 11.9 Å². The number of hydrogen-bond acceptors (Lipinski definition) is 3. The number of benzene rings is 1. The Morgan fingerprint density at radius 2 is 1.71 bits per heavy atom. The van der Waals surface area contributed by atoms with E-state index in [1.54, 1.807) is 0 Å². The van der Waals surface area contributed by atoms with Crippen molar-refractivity contribution in [3.63, 3.8) is 0 Å². The molecule has 5 nitrogen and oxygen atoms in total. The monoisotopic (exact) mass is 404 g/mol. The number of nitrogens with zero attached hydrogens (tertiary/aromatic N) is 2. The summed E-state index contributed by atoms with van der Waals surface area (Å²) < 4.78 is 25.8. The smallest absolute Gasteiger partial charge is 0.254 e. The Labute approximate surface area is 169 Å². The van der Waals surface area contributed by atoms with Crippen molar-refractivity contribution in [2.45, 2.75) is 83.3 Å². The van der Waals surface area contributed by atoms with Gasteiger partial charge in [0.05, 0.1) is 11.9 Å². The molecular weight excluding hydrogens is 372 g/mol. The van der Waals surface area contributed by atoms with Crippen LogP contribution in [0.5, 0.6) is 0 Å². The second-order valence-corrected chi connectivity index (χ2v) is 10.8. The molecule has 1 unspecified atom stereocenters. The van der Waals surface area contributed by atoms with Gasteiger partial charge in [0.25, 0.3) is 5.91 Å². The minimum atomic E-state index is -3.30. The van der Waals surface area contributed by atoms with Gasteiger partial charge in [0, 0.05) is 23.7 Å². The molecule has 0 radical (unpaired) electrons. The van der Waals surface area contributed by atoms with Gasteiger partial charge in [0.1, 0.15) is 0 Å². The molecule has 0 saturated heterocycles. The summed E-state index contributed by atoms with van der Waals surface area (Å²) in [5.41, 5.74) is 2.41. The topological polar surface area (TPSA) is 57.7 Å². The Hall–Kier alpha value is -1.56. The van der Waals surface area contributed by atoms with E-state index >= 15 is 0 Å². The van der Waals surface area contributed by atoms with Crippen LogP contribution in [0.1, 0.15) is 74.7 Å². The number of anilines is 1. The molecule has 6 heteroatoms. The number of carbonyl (C=O) groups excluding carboxylic acids is 1. The summed E-state index contributed by atoms with van der Waals surface area (Å²) in [5.74, 6) is 0.951. The third-order valence-corrected chi connectivity index (χ3v) is 8.07. The van der Waals surface area contributed by atoms with Gasteiger partial charge in [-0.25, -0.2) is 8.42 Å². The van der Waals surface area contributed by atoms with Crippen LogP contribution in [0.15, 0.2) is 18.2 Å². The van der Waals surface area contributed by atoms with Crippen molar-refractivity contribution in [2.24, 2.45) is 5.92 Å². The zero-order chi connectivity index (χ0) is 20.1. The van der Waals surface area contributed by atoms with Crippen LogP contribution >= 0.6 is 0 Å². The normalized spacial score (nSPS) is 27.5. The molecular formula is C22H32N2O3S. The summed E-state index contributed by atoms with van der Waals surface area (Å²) in [4.78, 5) is 15.6. The molecule has 1 aliphatic heterocycles. The summed E-state index contributed by atoms with van der Waals surface area (Å²) >= 11 is 0. The minimum Gasteiger partial charge on any atom is -0.333 e. The molecule has 154 valence electrons. The van der Waals surface area contributed by atoms with Gasteiger partial charge >= 0.3 is 0 Å². The molecule has 2 aliphatic carbocycles. The molecule has 2 saturated carbocycles. The van der Waals surface area contributed by atoms with Crippen LogP contribution in [-0.2, 0) is 16.4 Å². The fourth-order valence-electron chi connectivity index (χ4n) is 5.20. The molecule has 2 fully saturated rings. The van der Waals surface area contributed by atoms with E-state index in [2.05, 4.69) is 11.8 Å². The van der Waals surface area contributed by atoms with Crippen molar-refractivity contribution in [3.8, 4) is 0 Å². The molecule has 1 atom stereocenters. The molecule has 0 spiro atoms. The summed E-state index contributed by atoms with van der Waals surface area (Å²) in [6.07, 6.45) is 10.1. The van der Waals surface area contributed by atoms with Gasteiger partial charge in [-0.1, -0.05) is 13.3 Å². The van der Waals surface area contributed by atoms with Crippen LogP contribution in [0.3, 0.4) is 0 Å². The minimum absolute atomic E-state index is 0.0980. The second kappa shape index (κ2) is 7.36. The van der Waals surface area contributed by atoms with E-state index < -0.39 is 10.0 Å². The summed E-state index contributed by atoms with van der Waals surface area (Å²) in [6, 6.07) is 6.25. The van der Waals surface area contributed by atoms with Gasteiger partial charge in [-0.3, -0.25) is 9.10 Å². The first-order chi connectivity index (χ1) is 13.3. The molecule has 28 heavy (non-hydrogen) atoms. The Morgan fingerprint density at radius 1 is 1.11 bits per heavy atom. The van der Waals surface area contributed by atoms with Crippen LogP contribution in [0, 0.1) is 5.92 Å². The predicted octanol–water partition coefficient (Wildman–Crippen LogP) is 3.97. The van der Waals surface area contributed by atoms with Gasteiger partial charge in [-0.15, -0.1) is 0 Å². The third kappa shape index (κ3) is 3.68. The van der Waals surface area contributed by atoms with Gasteiger partial charge in [-0.05, 0) is 81.5 Å². The average molecular weight is 405 g/mol. The van der Waals surface area contributed by atoms with Gasteiger partial charge < -0.3 is 4.90 Å². The standard InChI is InChI=1S/C22H32N2O3S/c1-4-16-5-8-19(9-6-16)23(20-10-11-20)22(25)17-7-12-21-18(14-17)13-15(2)24(21)28(3,26)27/h7,12,14-16,19-20H,4-6,8-11,13H2,1-3H3. The average Bonchev–Trinajstić information content (AvgIpc) is 3.41. The summed E-state index contributed by atoms with van der Waals surface area (Å²) in [7, 11) is -3.30. The maximum absolute atomic E-state index is 13.4. The highest BCUT2D eigenvalue weighted by Crippen LogP contribution is 2.39. The molecule has 0 N–H and O–H groups in total. The van der Waals surface area contributed by atoms with E-state index in [0.29, 0.717) is 24.1 Å². The SMILES string of the molecule is CCC1CCC(N(C(=O)c2ccc3c(c2)CC(C)N3S(C)(=O)=O)C2CC2)CC1. The molecule has 1 amide bonds. The largest absolute Gasteiger partial charge is 0.333 e. The van der Waals surface area contributed by atoms with Gasteiger partial charge in [0.15, 0.2) is 0 Å². The van der Waals surface area contributed by atoms with E-state index in [1.165, 1.54) is 29.8 Å². The number of hydrogen-bond donors (Lipinski definition) is 0. The van der Waals surface area contributed by atoms with Crippen molar-refractivity contribution >= 4 is 21.6 Å². The van der Waals surface area contributed by atoms with Crippen LogP contribution < -0.4 is 4.31 Å². The first-order valence-corrected chi connectivity index (χ1v) is 12.6. The molecule has 1 aromatic rings. The zero-order valence-corrected chi connectivity index (χ0v) is 18.0. The highest BCUT2D eigenvalue weighted by Gasteiger charge is 2.40. The molecule has 3 aliphatic rings. The van der Waals surface area contributed by atoms with Gasteiger partial charge in [-0.2, -0.15) is 0 Å². The number of carbonyl (C=O) groups is 1. The highest BCUT2D eigenvalue weighted by molar-refractivity contribution is 7.92. The number of amides is 1. The fourth-order valence-corrected chi connectivity index (χ4v) is 6.47. The molecule has 0 bridgehead atoms.